The number of hydrogen-bond acceptors (Lipinski definition) is 15. The van der Waals surface area contributed by atoms with Crippen LogP contribution in [0.4, 0.5) is 64.1 Å². The van der Waals surface area contributed by atoms with Crippen molar-refractivity contribution in [3.05, 3.63) is 185 Å². The van der Waals surface area contributed by atoms with Crippen molar-refractivity contribution in [2.45, 2.75) is 76.1 Å². The highest BCUT2D eigenvalue weighted by molar-refractivity contribution is 5.98. The van der Waals surface area contributed by atoms with Gasteiger partial charge in [-0.1, -0.05) is 26.0 Å². The number of nitrogens with one attached hydrogen (secondary N) is 4. The van der Waals surface area contributed by atoms with Crippen molar-refractivity contribution in [1.29, 1.82) is 0 Å². The number of benzene rings is 2. The van der Waals surface area contributed by atoms with Gasteiger partial charge in [0, 0.05) is 63.9 Å². The van der Waals surface area contributed by atoms with E-state index in [2.05, 4.69) is 24.7 Å². The molecule has 6 heterocycles. The maximum Gasteiger partial charge on any atom is 0.408 e. The van der Waals surface area contributed by atoms with Crippen molar-refractivity contribution in [2.24, 2.45) is 14.1 Å². The average molecular weight is 1260 g/mol. The van der Waals surface area contributed by atoms with Crippen LogP contribution in [-0.4, -0.2) is 111 Å². The Morgan fingerprint density at radius 1 is 0.573 bits per heavy atom. The monoisotopic (exact) mass is 1260 g/mol. The van der Waals surface area contributed by atoms with Crippen molar-refractivity contribution < 1.29 is 81.7 Å². The zero-order valence-electron chi connectivity index (χ0n) is 46.5. The van der Waals surface area contributed by atoms with Crippen LogP contribution in [0.25, 0.3) is 33.4 Å². The minimum Gasteiger partial charge on any atom is -0.480 e. The molecule has 0 aliphatic heterocycles. The standard InChI is InChI=1S/C28H24F6N6O5.C27H22F6N6O5/c1-4-19(28(32,33)34)37-16-10-15(29)21(23(31)22(16)30)24(41)38-17(26(43)45-3)9-13-5-6-20(36-11-13)40-25(42)14-7-8-35-12-18(14)39(2)27(40)44;1-3-18(27(31,32)33)36-15-9-14(28)20(22(30)21(15)29)23(40)37-16(25(42)43)8-12-4-5-19(35-10-12)39-24(41)13-6-7-34-11-17(13)38(2)26(39)44/h5-8,10-12,17,19,37H,4,9H2,1-3H3,(H,38,41);4-7,9-11,16,18,36H,3,8H2,1-2H3,(H,37,40)(H,42,43)/t17-,19+;16-,18+/m00/s1. The van der Waals surface area contributed by atoms with Crippen LogP contribution in [0.5, 0.6) is 0 Å². The fraction of sp³-hybridized carbons (Fsp3) is 0.273. The second kappa shape index (κ2) is 26.7. The maximum absolute atomic E-state index is 14.8. The number of alkyl halides is 6. The second-order valence-electron chi connectivity index (χ2n) is 19.2. The lowest BCUT2D eigenvalue weighted by atomic mass is 10.1. The smallest absolute Gasteiger partial charge is 0.408 e. The molecule has 2 amide bonds. The molecule has 0 fully saturated rings. The summed E-state index contributed by atoms with van der Waals surface area (Å²) in [6, 6.07) is 0.263. The van der Waals surface area contributed by atoms with Crippen LogP contribution < -0.4 is 43.8 Å². The number of fused-ring (bicyclic) bond motifs is 2. The van der Waals surface area contributed by atoms with E-state index in [9.17, 15) is 96.1 Å². The molecule has 0 saturated carbocycles. The molecule has 4 atom stereocenters. The topological polar surface area (TPSA) is 285 Å². The lowest BCUT2D eigenvalue weighted by Gasteiger charge is -2.22. The van der Waals surface area contributed by atoms with Gasteiger partial charge in [0.25, 0.3) is 22.9 Å². The zero-order chi connectivity index (χ0) is 65.7. The quantitative estimate of drug-likeness (QED) is 0.0361. The van der Waals surface area contributed by atoms with E-state index >= 15 is 0 Å². The van der Waals surface area contributed by atoms with Crippen LogP contribution in [0.1, 0.15) is 58.5 Å². The molecule has 34 heteroatoms. The molecule has 0 aliphatic rings. The van der Waals surface area contributed by atoms with Crippen molar-refractivity contribution in [2.75, 3.05) is 17.7 Å². The van der Waals surface area contributed by atoms with E-state index in [1.807, 2.05) is 10.6 Å². The summed E-state index contributed by atoms with van der Waals surface area (Å²) in [5.41, 5.74) is -7.25. The molecular formula is C55H46F12N12O10. The first-order valence-electron chi connectivity index (χ1n) is 25.8. The second-order valence-corrected chi connectivity index (χ2v) is 19.2. The number of anilines is 2. The van der Waals surface area contributed by atoms with Crippen LogP contribution in [0.3, 0.4) is 0 Å². The number of rotatable bonds is 18. The van der Waals surface area contributed by atoms with Crippen molar-refractivity contribution >= 4 is 56.9 Å². The molecule has 6 aromatic heterocycles. The summed E-state index contributed by atoms with van der Waals surface area (Å²) in [5, 5.41) is 17.2. The van der Waals surface area contributed by atoms with Gasteiger partial charge in [0.2, 0.25) is 0 Å². The van der Waals surface area contributed by atoms with Crippen molar-refractivity contribution in [3.63, 3.8) is 0 Å². The Hall–Kier alpha value is -10.4. The average Bonchev–Trinajstić information content (AvgIpc) is 0.834. The predicted molar refractivity (Wildman–Crippen MR) is 290 cm³/mol. The highest BCUT2D eigenvalue weighted by atomic mass is 19.4. The van der Waals surface area contributed by atoms with Crippen LogP contribution in [0.15, 0.2) is 105 Å². The molecule has 0 radical (unpaired) electrons. The van der Waals surface area contributed by atoms with Gasteiger partial charge >= 0.3 is 35.7 Å². The summed E-state index contributed by atoms with van der Waals surface area (Å²) in [4.78, 5) is 117. The summed E-state index contributed by atoms with van der Waals surface area (Å²) < 4.78 is 175. The van der Waals surface area contributed by atoms with E-state index in [-0.39, 0.29) is 57.6 Å². The van der Waals surface area contributed by atoms with Gasteiger partial charge in [0.05, 0.1) is 52.7 Å². The highest BCUT2D eigenvalue weighted by Crippen LogP contribution is 2.32. The molecule has 5 N–H and O–H groups in total. The first-order valence-corrected chi connectivity index (χ1v) is 25.8. The number of aryl methyl sites for hydroxylation is 2. The van der Waals surface area contributed by atoms with Crippen LogP contribution in [-0.2, 0) is 41.3 Å². The first-order chi connectivity index (χ1) is 41.8. The molecule has 0 saturated heterocycles. The minimum atomic E-state index is -4.87. The summed E-state index contributed by atoms with van der Waals surface area (Å²) in [6.07, 6.45) is -4.09. The van der Waals surface area contributed by atoms with Gasteiger partial charge in [-0.15, -0.1) is 0 Å². The van der Waals surface area contributed by atoms with Gasteiger partial charge in [0.15, 0.2) is 23.3 Å². The van der Waals surface area contributed by atoms with Gasteiger partial charge in [0.1, 0.15) is 58.6 Å². The van der Waals surface area contributed by atoms with Crippen molar-refractivity contribution in [1.82, 2.24) is 48.8 Å². The summed E-state index contributed by atoms with van der Waals surface area (Å²) in [5.74, 6) is -17.8. The Morgan fingerprint density at radius 2 is 0.955 bits per heavy atom. The number of carbonyl (C=O) groups excluding carboxylic acids is 3. The number of amides is 2. The molecular weight excluding hydrogens is 1220 g/mol. The molecule has 0 bridgehead atoms. The number of halogens is 12. The van der Waals surface area contributed by atoms with Gasteiger partial charge < -0.3 is 31.1 Å². The normalized spacial score (nSPS) is 13.0. The number of carboxylic acids is 1. The molecule has 2 aromatic carbocycles. The minimum absolute atomic E-state index is 0.0779. The number of aromatic nitrogens is 8. The number of pyridine rings is 4. The van der Waals surface area contributed by atoms with E-state index in [4.69, 9.17) is 0 Å². The predicted octanol–water partition coefficient (Wildman–Crippen LogP) is 6.24. The molecule has 0 unspecified atom stereocenters. The largest absolute Gasteiger partial charge is 0.480 e. The molecule has 8 rings (SSSR count). The highest BCUT2D eigenvalue weighted by Gasteiger charge is 2.41. The van der Waals surface area contributed by atoms with Gasteiger partial charge in [-0.05, 0) is 48.2 Å². The van der Waals surface area contributed by atoms with E-state index < -0.39 is 159 Å². The van der Waals surface area contributed by atoms with Crippen LogP contribution in [0.2, 0.25) is 0 Å². The third-order valence-corrected chi connectivity index (χ3v) is 13.5. The molecule has 0 spiro atoms. The van der Waals surface area contributed by atoms with E-state index in [1.54, 1.807) is 10.6 Å². The number of ether oxygens (including phenoxy) is 1. The maximum atomic E-state index is 14.8. The Morgan fingerprint density at radius 3 is 1.29 bits per heavy atom. The van der Waals surface area contributed by atoms with Crippen LogP contribution in [0, 0.1) is 34.9 Å². The Labute approximate surface area is 490 Å². The Bertz CT molecular complexity index is 4310. The summed E-state index contributed by atoms with van der Waals surface area (Å²) in [7, 11) is 3.82. The SMILES string of the molecule is CC[C@@H](Nc1cc(F)c(C(=O)N[C@@H](Cc2ccc(-n3c(=O)c4ccncc4n(C)c3=O)nc2)C(=O)O)c(F)c1F)C(F)(F)F.CC[C@@H](Nc1cc(F)c(C(=O)N[C@@H](Cc2ccc(-n3c(=O)c4ccncc4n(C)c3=O)nc2)C(=O)OC)c(F)c1F)C(F)(F)F. The van der Waals surface area contributed by atoms with E-state index in [1.165, 1.54) is 90.6 Å². The number of methoxy groups -OCH3 is 1. The van der Waals surface area contributed by atoms with Gasteiger partial charge in [-0.2, -0.15) is 26.3 Å². The third-order valence-electron chi connectivity index (χ3n) is 13.5. The molecule has 89 heavy (non-hydrogen) atoms. The fourth-order valence-corrected chi connectivity index (χ4v) is 8.82. The molecule has 8 aromatic rings. The number of nitrogens with zero attached hydrogens (tertiary/aromatic N) is 8. The number of carboxylic acid groups (broad SMARTS) is 1. The Kier molecular flexibility index (Phi) is 19.8. The van der Waals surface area contributed by atoms with E-state index in [0.29, 0.717) is 5.52 Å². The lowest BCUT2D eigenvalue weighted by molar-refractivity contribution is -0.143. The number of hydrogen-bond donors (Lipinski definition) is 5. The molecule has 470 valence electrons. The van der Waals surface area contributed by atoms with Gasteiger partial charge in [-0.3, -0.25) is 38.3 Å². The van der Waals surface area contributed by atoms with E-state index in [0.717, 1.165) is 36.3 Å². The lowest BCUT2D eigenvalue weighted by Crippen LogP contribution is -2.43. The number of esters is 1. The molecule has 22 nitrogen and oxygen atoms in total. The number of aliphatic carboxylic acids is 1. The summed E-state index contributed by atoms with van der Waals surface area (Å²) >= 11 is 0. The first kappa shape index (κ1) is 66.1. The third kappa shape index (κ3) is 14.0. The Balaban J connectivity index is 0.000000254. The van der Waals surface area contributed by atoms with Crippen LogP contribution >= 0.6 is 0 Å². The van der Waals surface area contributed by atoms with Gasteiger partial charge in [-0.25, -0.2) is 64.6 Å². The molecule has 0 aliphatic carbocycles. The zero-order valence-corrected chi connectivity index (χ0v) is 46.5. The summed E-state index contributed by atoms with van der Waals surface area (Å²) in [6.45, 7) is 2.23. The van der Waals surface area contributed by atoms with Crippen molar-refractivity contribution in [3.8, 4) is 11.6 Å². The fourth-order valence-electron chi connectivity index (χ4n) is 8.82. The number of carbonyl (C=O) groups is 4.